The van der Waals surface area contributed by atoms with Crippen molar-refractivity contribution in [2.75, 3.05) is 19.4 Å². The fourth-order valence-corrected chi connectivity index (χ4v) is 3.10. The summed E-state index contributed by atoms with van der Waals surface area (Å²) in [6.45, 7) is 2.12. The van der Waals surface area contributed by atoms with Crippen LogP contribution in [-0.2, 0) is 14.8 Å². The lowest BCUT2D eigenvalue weighted by Gasteiger charge is -2.23. The third-order valence-electron chi connectivity index (χ3n) is 2.99. The topological polar surface area (TPSA) is 86.7 Å². The Hall–Kier alpha value is -0.660. The fraction of sp³-hybridized carbons (Fsp3) is 0.900. The quantitative estimate of drug-likeness (QED) is 0.687. The Kier molecular flexibility index (Phi) is 4.91. The third-order valence-corrected chi connectivity index (χ3v) is 4.28. The third kappa shape index (κ3) is 3.65. The van der Waals surface area contributed by atoms with E-state index in [4.69, 9.17) is 5.11 Å². The van der Waals surface area contributed by atoms with Crippen molar-refractivity contribution in [1.29, 1.82) is 0 Å². The summed E-state index contributed by atoms with van der Waals surface area (Å²) in [6, 6.07) is -0.921. The molecule has 1 saturated heterocycles. The first-order chi connectivity index (χ1) is 7.90. The van der Waals surface area contributed by atoms with Gasteiger partial charge in [0.05, 0.1) is 18.9 Å². The van der Waals surface area contributed by atoms with E-state index in [0.29, 0.717) is 25.8 Å². The van der Waals surface area contributed by atoms with Crippen molar-refractivity contribution in [2.24, 2.45) is 0 Å². The molecule has 7 heteroatoms. The van der Waals surface area contributed by atoms with Gasteiger partial charge >= 0.3 is 0 Å². The number of nitrogens with zero attached hydrogens (tertiary/aromatic N) is 1. The molecule has 100 valence electrons. The van der Waals surface area contributed by atoms with E-state index in [1.54, 1.807) is 0 Å². The van der Waals surface area contributed by atoms with Crippen LogP contribution in [0.1, 0.15) is 26.2 Å². The van der Waals surface area contributed by atoms with Crippen LogP contribution in [0.25, 0.3) is 0 Å². The van der Waals surface area contributed by atoms with Gasteiger partial charge in [-0.3, -0.25) is 4.79 Å². The largest absolute Gasteiger partial charge is 0.394 e. The average Bonchev–Trinajstić information content (AvgIpc) is 2.73. The number of hydrogen-bond acceptors (Lipinski definition) is 4. The Labute approximate surface area is 102 Å². The maximum absolute atomic E-state index is 11.9. The van der Waals surface area contributed by atoms with Crippen LogP contribution in [0.4, 0.5) is 0 Å². The Morgan fingerprint density at radius 3 is 2.71 bits per heavy atom. The first-order valence-electron chi connectivity index (χ1n) is 5.78. The average molecular weight is 264 g/mol. The van der Waals surface area contributed by atoms with Crippen molar-refractivity contribution in [1.82, 2.24) is 9.62 Å². The smallest absolute Gasteiger partial charge is 0.238 e. The second kappa shape index (κ2) is 5.79. The van der Waals surface area contributed by atoms with Gasteiger partial charge in [-0.05, 0) is 19.3 Å². The predicted molar refractivity (Wildman–Crippen MR) is 63.9 cm³/mol. The zero-order valence-corrected chi connectivity index (χ0v) is 11.0. The van der Waals surface area contributed by atoms with Gasteiger partial charge in [-0.2, -0.15) is 4.31 Å². The number of carbonyl (C=O) groups is 1. The zero-order chi connectivity index (χ0) is 13.1. The molecule has 1 aliphatic rings. The van der Waals surface area contributed by atoms with Crippen LogP contribution in [0.2, 0.25) is 0 Å². The zero-order valence-electron chi connectivity index (χ0n) is 10.2. The molecule has 1 aliphatic heterocycles. The molecule has 2 atom stereocenters. The molecule has 0 aliphatic carbocycles. The van der Waals surface area contributed by atoms with Crippen molar-refractivity contribution < 1.29 is 18.3 Å². The molecule has 1 fully saturated rings. The van der Waals surface area contributed by atoms with Crippen molar-refractivity contribution in [2.45, 2.75) is 38.3 Å². The van der Waals surface area contributed by atoms with Gasteiger partial charge < -0.3 is 10.4 Å². The van der Waals surface area contributed by atoms with Crippen LogP contribution in [0.3, 0.4) is 0 Å². The molecule has 0 bridgehead atoms. The fourth-order valence-electron chi connectivity index (χ4n) is 1.97. The van der Waals surface area contributed by atoms with Gasteiger partial charge in [0.2, 0.25) is 15.9 Å². The number of rotatable bonds is 5. The lowest BCUT2D eigenvalue weighted by molar-refractivity contribution is -0.125. The van der Waals surface area contributed by atoms with E-state index in [1.165, 1.54) is 4.31 Å². The second-order valence-electron chi connectivity index (χ2n) is 4.33. The highest BCUT2D eigenvalue weighted by atomic mass is 32.2. The summed E-state index contributed by atoms with van der Waals surface area (Å²) in [7, 11) is -3.34. The number of hydrogen-bond donors (Lipinski definition) is 2. The summed E-state index contributed by atoms with van der Waals surface area (Å²) >= 11 is 0. The Morgan fingerprint density at radius 2 is 2.24 bits per heavy atom. The molecule has 0 saturated carbocycles. The van der Waals surface area contributed by atoms with E-state index in [2.05, 4.69) is 5.32 Å². The minimum atomic E-state index is -3.34. The molecule has 0 radical (unpaired) electrons. The molecule has 17 heavy (non-hydrogen) atoms. The van der Waals surface area contributed by atoms with E-state index < -0.39 is 16.1 Å². The predicted octanol–water partition coefficient (Wildman–Crippen LogP) is -0.702. The van der Waals surface area contributed by atoms with Crippen LogP contribution in [0.5, 0.6) is 0 Å². The summed E-state index contributed by atoms with van der Waals surface area (Å²) < 4.78 is 24.2. The first-order valence-corrected chi connectivity index (χ1v) is 7.63. The highest BCUT2D eigenvalue weighted by Gasteiger charge is 2.36. The van der Waals surface area contributed by atoms with Crippen molar-refractivity contribution in [3.63, 3.8) is 0 Å². The Morgan fingerprint density at radius 1 is 1.59 bits per heavy atom. The van der Waals surface area contributed by atoms with Gasteiger partial charge in [0.1, 0.15) is 6.04 Å². The van der Waals surface area contributed by atoms with Crippen molar-refractivity contribution in [3.05, 3.63) is 0 Å². The number of aliphatic hydroxyl groups excluding tert-OH is 1. The summed E-state index contributed by atoms with van der Waals surface area (Å²) in [6.07, 6.45) is 2.97. The lowest BCUT2D eigenvalue weighted by Crippen LogP contribution is -2.49. The van der Waals surface area contributed by atoms with Gasteiger partial charge in [0.25, 0.3) is 0 Å². The van der Waals surface area contributed by atoms with Crippen LogP contribution >= 0.6 is 0 Å². The number of carbonyl (C=O) groups excluding carboxylic acids is 1. The molecule has 0 aromatic heterocycles. The molecule has 6 nitrogen and oxygen atoms in total. The van der Waals surface area contributed by atoms with Gasteiger partial charge in [0, 0.05) is 6.54 Å². The molecule has 1 unspecified atom stereocenters. The van der Waals surface area contributed by atoms with E-state index >= 15 is 0 Å². The number of sulfonamides is 1. The maximum atomic E-state index is 11.9. The minimum Gasteiger partial charge on any atom is -0.394 e. The molecular weight excluding hydrogens is 244 g/mol. The first kappa shape index (κ1) is 14.4. The Balaban J connectivity index is 2.69. The highest BCUT2D eigenvalue weighted by molar-refractivity contribution is 7.88. The molecule has 2 N–H and O–H groups in total. The monoisotopic (exact) mass is 264 g/mol. The van der Waals surface area contributed by atoms with Crippen LogP contribution < -0.4 is 5.32 Å². The molecular formula is C10H20N2O4S. The number of nitrogens with one attached hydrogen (secondary N) is 1. The molecule has 1 rings (SSSR count). The Bertz CT molecular complexity index is 365. The van der Waals surface area contributed by atoms with Crippen LogP contribution in [0, 0.1) is 0 Å². The van der Waals surface area contributed by atoms with Gasteiger partial charge in [0.15, 0.2) is 0 Å². The van der Waals surface area contributed by atoms with E-state index in [1.807, 2.05) is 6.92 Å². The minimum absolute atomic E-state index is 0.131. The highest BCUT2D eigenvalue weighted by Crippen LogP contribution is 2.20. The SMILES string of the molecule is CC[C@H](CO)NC(=O)C1CCCN1S(C)(=O)=O. The molecule has 1 amide bonds. The number of aliphatic hydroxyl groups is 1. The molecule has 0 spiro atoms. The van der Waals surface area contributed by atoms with Crippen molar-refractivity contribution >= 4 is 15.9 Å². The summed E-state index contributed by atoms with van der Waals surface area (Å²) in [5.74, 6) is -0.311. The van der Waals surface area contributed by atoms with E-state index in [0.717, 1.165) is 6.26 Å². The van der Waals surface area contributed by atoms with Crippen LogP contribution in [0.15, 0.2) is 0 Å². The molecule has 0 aromatic carbocycles. The van der Waals surface area contributed by atoms with Gasteiger partial charge in [-0.1, -0.05) is 6.92 Å². The normalized spacial score (nSPS) is 23.6. The standard InChI is InChI=1S/C10H20N2O4S/c1-3-8(7-13)11-10(14)9-5-4-6-12(9)17(2,15)16/h8-9,13H,3-7H2,1-2H3,(H,11,14)/t8-,9?/m1/s1. The molecule has 0 aromatic rings. The summed E-state index contributed by atoms with van der Waals surface area (Å²) in [5, 5.41) is 11.7. The maximum Gasteiger partial charge on any atom is 0.238 e. The van der Waals surface area contributed by atoms with E-state index in [-0.39, 0.29) is 18.6 Å². The summed E-state index contributed by atoms with van der Waals surface area (Å²) in [4.78, 5) is 11.9. The van der Waals surface area contributed by atoms with Crippen molar-refractivity contribution in [3.8, 4) is 0 Å². The lowest BCUT2D eigenvalue weighted by atomic mass is 10.2. The summed E-state index contributed by atoms with van der Waals surface area (Å²) in [5.41, 5.74) is 0. The molecule has 1 heterocycles. The second-order valence-corrected chi connectivity index (χ2v) is 6.26. The van der Waals surface area contributed by atoms with Gasteiger partial charge in [-0.25, -0.2) is 8.42 Å². The van der Waals surface area contributed by atoms with Crippen LogP contribution in [-0.4, -0.2) is 55.2 Å². The van der Waals surface area contributed by atoms with Gasteiger partial charge in [-0.15, -0.1) is 0 Å². The number of amides is 1. The van der Waals surface area contributed by atoms with E-state index in [9.17, 15) is 13.2 Å².